The van der Waals surface area contributed by atoms with Crippen molar-refractivity contribution in [2.75, 3.05) is 13.7 Å². The Labute approximate surface area is 165 Å². The Kier molecular flexibility index (Phi) is 5.77. The van der Waals surface area contributed by atoms with E-state index in [0.717, 1.165) is 4.90 Å². The van der Waals surface area contributed by atoms with Crippen LogP contribution in [0.15, 0.2) is 60.8 Å². The van der Waals surface area contributed by atoms with Gasteiger partial charge in [0.15, 0.2) is 0 Å². The topological polar surface area (TPSA) is 119 Å². The van der Waals surface area contributed by atoms with Crippen molar-refractivity contribution in [1.82, 2.24) is 4.90 Å². The standard InChI is InChI=1S/C20H18N2O7/c1-28-19(23)13-6-8-14(9-7-13)29-18-5-3-2-4-16(18)15-10-11-21(20(24)25)12-17(15)22(26)27/h2-11,15,17H,12H2,1H3,(H,24,25)/t15-,17+/m1/s1. The fourth-order valence-electron chi connectivity index (χ4n) is 3.10. The van der Waals surface area contributed by atoms with Gasteiger partial charge in [-0.15, -0.1) is 0 Å². The number of para-hydroxylation sites is 1. The van der Waals surface area contributed by atoms with Gasteiger partial charge in [-0.05, 0) is 30.3 Å². The van der Waals surface area contributed by atoms with E-state index in [9.17, 15) is 19.7 Å². The Bertz CT molecular complexity index is 956. The van der Waals surface area contributed by atoms with Gasteiger partial charge >= 0.3 is 12.1 Å². The molecule has 9 heteroatoms. The first-order chi connectivity index (χ1) is 13.9. The highest BCUT2D eigenvalue weighted by atomic mass is 16.6. The first-order valence-corrected chi connectivity index (χ1v) is 8.67. The highest BCUT2D eigenvalue weighted by molar-refractivity contribution is 5.89. The van der Waals surface area contributed by atoms with Crippen molar-refractivity contribution in [1.29, 1.82) is 0 Å². The summed E-state index contributed by atoms with van der Waals surface area (Å²) in [4.78, 5) is 34.7. The van der Waals surface area contributed by atoms with Crippen molar-refractivity contribution in [3.05, 3.63) is 82.0 Å². The van der Waals surface area contributed by atoms with Crippen molar-refractivity contribution >= 4 is 12.1 Å². The highest BCUT2D eigenvalue weighted by Gasteiger charge is 2.38. The van der Waals surface area contributed by atoms with E-state index in [-0.39, 0.29) is 6.54 Å². The molecule has 2 atom stereocenters. The number of nitro groups is 1. The lowest BCUT2D eigenvalue weighted by atomic mass is 9.88. The summed E-state index contributed by atoms with van der Waals surface area (Å²) in [5, 5.41) is 20.7. The molecule has 29 heavy (non-hydrogen) atoms. The molecular formula is C20H18N2O7. The third kappa shape index (κ3) is 4.34. The van der Waals surface area contributed by atoms with Gasteiger partial charge in [0.25, 0.3) is 0 Å². The molecule has 1 N–H and O–H groups in total. The smallest absolute Gasteiger partial charge is 0.411 e. The average molecular weight is 398 g/mol. The minimum atomic E-state index is -1.25. The number of hydrogen-bond donors (Lipinski definition) is 1. The summed E-state index contributed by atoms with van der Waals surface area (Å²) in [6.45, 7) is -0.258. The number of carbonyl (C=O) groups is 2. The Morgan fingerprint density at radius 2 is 1.86 bits per heavy atom. The quantitative estimate of drug-likeness (QED) is 0.465. The maximum Gasteiger partial charge on any atom is 0.411 e. The number of nitrogens with zero attached hydrogens (tertiary/aromatic N) is 2. The summed E-state index contributed by atoms with van der Waals surface area (Å²) >= 11 is 0. The summed E-state index contributed by atoms with van der Waals surface area (Å²) in [6, 6.07) is 12.0. The average Bonchev–Trinajstić information content (AvgIpc) is 2.73. The van der Waals surface area contributed by atoms with Crippen LogP contribution in [-0.2, 0) is 4.74 Å². The minimum absolute atomic E-state index is 0.258. The molecular weight excluding hydrogens is 380 g/mol. The number of amides is 1. The van der Waals surface area contributed by atoms with E-state index in [2.05, 4.69) is 4.74 Å². The second kappa shape index (κ2) is 8.42. The monoisotopic (exact) mass is 398 g/mol. The van der Waals surface area contributed by atoms with E-state index in [1.165, 1.54) is 19.4 Å². The van der Waals surface area contributed by atoms with Crippen molar-refractivity contribution in [3.8, 4) is 11.5 Å². The van der Waals surface area contributed by atoms with Gasteiger partial charge in [0, 0.05) is 16.7 Å². The third-order valence-electron chi connectivity index (χ3n) is 4.57. The molecule has 2 aromatic carbocycles. The summed E-state index contributed by atoms with van der Waals surface area (Å²) in [7, 11) is 1.29. The van der Waals surface area contributed by atoms with Gasteiger partial charge in [0.05, 0.1) is 25.1 Å². The molecule has 0 aliphatic carbocycles. The minimum Gasteiger partial charge on any atom is -0.465 e. The molecule has 1 aliphatic heterocycles. The van der Waals surface area contributed by atoms with Gasteiger partial charge in [-0.2, -0.15) is 0 Å². The van der Waals surface area contributed by atoms with Gasteiger partial charge in [-0.1, -0.05) is 24.3 Å². The maximum absolute atomic E-state index is 11.6. The van der Waals surface area contributed by atoms with Crippen LogP contribution in [-0.4, -0.2) is 46.7 Å². The number of benzene rings is 2. The zero-order valence-corrected chi connectivity index (χ0v) is 15.4. The molecule has 0 spiro atoms. The lowest BCUT2D eigenvalue weighted by Crippen LogP contribution is -2.43. The molecule has 9 nitrogen and oxygen atoms in total. The van der Waals surface area contributed by atoms with Crippen LogP contribution in [0.1, 0.15) is 21.8 Å². The van der Waals surface area contributed by atoms with E-state index in [1.54, 1.807) is 48.5 Å². The Hall–Kier alpha value is -3.88. The van der Waals surface area contributed by atoms with Crippen LogP contribution in [0.4, 0.5) is 4.79 Å². The zero-order chi connectivity index (χ0) is 21.0. The lowest BCUT2D eigenvalue weighted by molar-refractivity contribution is -0.525. The fourth-order valence-corrected chi connectivity index (χ4v) is 3.10. The van der Waals surface area contributed by atoms with E-state index in [4.69, 9.17) is 9.84 Å². The van der Waals surface area contributed by atoms with Gasteiger partial charge in [-0.3, -0.25) is 15.0 Å². The van der Waals surface area contributed by atoms with Crippen LogP contribution in [0.5, 0.6) is 11.5 Å². The number of carboxylic acid groups (broad SMARTS) is 1. The summed E-state index contributed by atoms with van der Waals surface area (Å²) in [6.07, 6.45) is 1.57. The highest BCUT2D eigenvalue weighted by Crippen LogP contribution is 2.36. The molecule has 0 bridgehead atoms. The first-order valence-electron chi connectivity index (χ1n) is 8.67. The number of ether oxygens (including phenoxy) is 2. The molecule has 2 aromatic rings. The van der Waals surface area contributed by atoms with E-state index < -0.39 is 28.9 Å². The molecule has 0 fully saturated rings. The predicted octanol–water partition coefficient (Wildman–Crippen LogP) is 3.50. The van der Waals surface area contributed by atoms with Gasteiger partial charge in [0.2, 0.25) is 6.04 Å². The molecule has 0 saturated carbocycles. The van der Waals surface area contributed by atoms with Crippen molar-refractivity contribution in [2.45, 2.75) is 12.0 Å². The van der Waals surface area contributed by atoms with Crippen LogP contribution in [0, 0.1) is 10.1 Å². The first kappa shape index (κ1) is 19.9. The molecule has 150 valence electrons. The van der Waals surface area contributed by atoms with E-state index in [0.29, 0.717) is 22.6 Å². The molecule has 1 amide bonds. The van der Waals surface area contributed by atoms with Crippen molar-refractivity contribution < 1.29 is 29.1 Å². The summed E-state index contributed by atoms with van der Waals surface area (Å²) in [5.74, 6) is -0.287. The Morgan fingerprint density at radius 1 is 1.17 bits per heavy atom. The molecule has 1 heterocycles. The fraction of sp³-hybridized carbons (Fsp3) is 0.200. The lowest BCUT2D eigenvalue weighted by Gasteiger charge is -2.28. The molecule has 0 aromatic heterocycles. The van der Waals surface area contributed by atoms with E-state index in [1.807, 2.05) is 0 Å². The van der Waals surface area contributed by atoms with E-state index >= 15 is 0 Å². The number of hydrogen-bond acceptors (Lipinski definition) is 6. The van der Waals surface area contributed by atoms with Gasteiger partial charge in [0.1, 0.15) is 11.5 Å². The number of methoxy groups -OCH3 is 1. The van der Waals surface area contributed by atoms with Crippen LogP contribution < -0.4 is 4.74 Å². The molecule has 1 aliphatic rings. The SMILES string of the molecule is COC(=O)c1ccc(Oc2ccccc2[C@H]2C=CN(C(=O)O)C[C@@H]2[N+](=O)[O-])cc1. The largest absolute Gasteiger partial charge is 0.465 e. The van der Waals surface area contributed by atoms with Crippen molar-refractivity contribution in [3.63, 3.8) is 0 Å². The van der Waals surface area contributed by atoms with Crippen LogP contribution in [0.25, 0.3) is 0 Å². The number of esters is 1. The summed E-state index contributed by atoms with van der Waals surface area (Å²) in [5.41, 5.74) is 0.929. The molecule has 0 unspecified atom stereocenters. The molecule has 3 rings (SSSR count). The Balaban J connectivity index is 1.90. The zero-order valence-electron chi connectivity index (χ0n) is 15.4. The number of rotatable bonds is 5. The number of carbonyl (C=O) groups excluding carboxylic acids is 1. The second-order valence-corrected chi connectivity index (χ2v) is 6.31. The van der Waals surface area contributed by atoms with Crippen LogP contribution in [0.3, 0.4) is 0 Å². The Morgan fingerprint density at radius 3 is 2.48 bits per heavy atom. The van der Waals surface area contributed by atoms with Gasteiger partial charge in [-0.25, -0.2) is 9.59 Å². The second-order valence-electron chi connectivity index (χ2n) is 6.31. The third-order valence-corrected chi connectivity index (χ3v) is 4.57. The predicted molar refractivity (Wildman–Crippen MR) is 102 cm³/mol. The van der Waals surface area contributed by atoms with Crippen molar-refractivity contribution in [2.24, 2.45) is 0 Å². The van der Waals surface area contributed by atoms with Gasteiger partial charge < -0.3 is 14.6 Å². The summed E-state index contributed by atoms with van der Waals surface area (Å²) < 4.78 is 10.6. The molecule has 0 radical (unpaired) electrons. The van der Waals surface area contributed by atoms with Crippen LogP contribution in [0.2, 0.25) is 0 Å². The van der Waals surface area contributed by atoms with Crippen LogP contribution >= 0.6 is 0 Å². The molecule has 0 saturated heterocycles. The maximum atomic E-state index is 11.6. The normalized spacial score (nSPS) is 18.2.